The molecular weight excluding hydrogens is 304 g/mol. The molecule has 0 atom stereocenters. The molecule has 116 valence electrons. The fourth-order valence-electron chi connectivity index (χ4n) is 1.80. The van der Waals surface area contributed by atoms with Gasteiger partial charge in [0.2, 0.25) is 0 Å². The van der Waals surface area contributed by atoms with Crippen LogP contribution in [0.25, 0.3) is 0 Å². The van der Waals surface area contributed by atoms with Crippen molar-refractivity contribution in [1.29, 1.82) is 0 Å². The molecule has 0 aromatic heterocycles. The maximum Gasteiger partial charge on any atom is 0.288 e. The SMILES string of the molecule is CC.Cc1ccc([N+](=O)[O-])c(Cl)c1C(=O)Nc1ccccc1. The van der Waals surface area contributed by atoms with Crippen LogP contribution in [0.3, 0.4) is 0 Å². The van der Waals surface area contributed by atoms with Gasteiger partial charge >= 0.3 is 0 Å². The number of para-hydroxylation sites is 1. The van der Waals surface area contributed by atoms with Crippen molar-refractivity contribution in [3.8, 4) is 0 Å². The zero-order valence-corrected chi connectivity index (χ0v) is 13.3. The van der Waals surface area contributed by atoms with Gasteiger partial charge in [0.05, 0.1) is 10.5 Å². The lowest BCUT2D eigenvalue weighted by Crippen LogP contribution is -2.14. The van der Waals surface area contributed by atoms with Crippen molar-refractivity contribution in [3.05, 3.63) is 68.7 Å². The molecular formula is C16H17ClN2O3. The molecule has 0 heterocycles. The standard InChI is InChI=1S/C14H11ClN2O3.C2H6/c1-9-7-8-11(17(19)20)13(15)12(9)14(18)16-10-5-3-2-4-6-10;1-2/h2-8H,1H3,(H,16,18);1-2H3. The number of rotatable bonds is 3. The molecule has 0 unspecified atom stereocenters. The number of nitrogens with zero attached hydrogens (tertiary/aromatic N) is 1. The summed E-state index contributed by atoms with van der Waals surface area (Å²) in [6.45, 7) is 5.68. The molecule has 0 saturated carbocycles. The topological polar surface area (TPSA) is 72.2 Å². The quantitative estimate of drug-likeness (QED) is 0.650. The molecule has 2 aromatic carbocycles. The van der Waals surface area contributed by atoms with E-state index in [9.17, 15) is 14.9 Å². The maximum atomic E-state index is 12.2. The number of carbonyl (C=O) groups excluding carboxylic acids is 1. The zero-order valence-electron chi connectivity index (χ0n) is 12.6. The number of hydrogen-bond donors (Lipinski definition) is 1. The Balaban J connectivity index is 0.00000116. The number of nitrogens with one attached hydrogen (secondary N) is 1. The van der Waals surface area contributed by atoms with Gasteiger partial charge in [-0.15, -0.1) is 0 Å². The summed E-state index contributed by atoms with van der Waals surface area (Å²) in [6.07, 6.45) is 0. The third kappa shape index (κ3) is 4.05. The summed E-state index contributed by atoms with van der Waals surface area (Å²) >= 11 is 5.97. The highest BCUT2D eigenvalue weighted by molar-refractivity contribution is 6.36. The summed E-state index contributed by atoms with van der Waals surface area (Å²) in [5, 5.41) is 13.4. The Morgan fingerprint density at radius 3 is 2.27 bits per heavy atom. The van der Waals surface area contributed by atoms with E-state index in [1.54, 1.807) is 31.2 Å². The molecule has 1 N–H and O–H groups in total. The van der Waals surface area contributed by atoms with Crippen LogP contribution < -0.4 is 5.32 Å². The molecule has 5 nitrogen and oxygen atoms in total. The van der Waals surface area contributed by atoms with Gasteiger partial charge in [-0.25, -0.2) is 0 Å². The van der Waals surface area contributed by atoms with Crippen LogP contribution in [0.5, 0.6) is 0 Å². The number of carbonyl (C=O) groups is 1. The van der Waals surface area contributed by atoms with Crippen molar-refractivity contribution in [2.45, 2.75) is 20.8 Å². The van der Waals surface area contributed by atoms with E-state index in [0.717, 1.165) is 0 Å². The molecule has 6 heteroatoms. The van der Waals surface area contributed by atoms with Gasteiger partial charge in [0, 0.05) is 11.8 Å². The van der Waals surface area contributed by atoms with E-state index < -0.39 is 10.8 Å². The first kappa shape index (κ1) is 17.7. The third-order valence-corrected chi connectivity index (χ3v) is 3.17. The van der Waals surface area contributed by atoms with Gasteiger partial charge in [0.1, 0.15) is 5.02 Å². The van der Waals surface area contributed by atoms with Crippen LogP contribution in [0, 0.1) is 17.0 Å². The highest BCUT2D eigenvalue weighted by Gasteiger charge is 2.22. The maximum absolute atomic E-state index is 12.2. The number of anilines is 1. The summed E-state index contributed by atoms with van der Waals surface area (Å²) in [7, 11) is 0. The Bertz CT molecular complexity index is 673. The first-order valence-electron chi connectivity index (χ1n) is 6.80. The second-order valence-electron chi connectivity index (χ2n) is 4.17. The molecule has 0 spiro atoms. The number of amides is 1. The predicted octanol–water partition coefficient (Wildman–Crippen LogP) is 4.84. The lowest BCUT2D eigenvalue weighted by Gasteiger charge is -2.09. The van der Waals surface area contributed by atoms with Gasteiger partial charge in [-0.2, -0.15) is 0 Å². The van der Waals surface area contributed by atoms with Crippen LogP contribution in [0.2, 0.25) is 5.02 Å². The highest BCUT2D eigenvalue weighted by Crippen LogP contribution is 2.30. The Kier molecular flexibility index (Phi) is 6.53. The number of aryl methyl sites for hydroxylation is 1. The predicted molar refractivity (Wildman–Crippen MR) is 88.6 cm³/mol. The Morgan fingerprint density at radius 1 is 1.14 bits per heavy atom. The number of halogens is 1. The van der Waals surface area contributed by atoms with Crippen LogP contribution in [0.1, 0.15) is 29.8 Å². The van der Waals surface area contributed by atoms with Gasteiger partial charge < -0.3 is 5.32 Å². The van der Waals surface area contributed by atoms with Crippen molar-refractivity contribution in [1.82, 2.24) is 0 Å². The lowest BCUT2D eigenvalue weighted by atomic mass is 10.1. The molecule has 22 heavy (non-hydrogen) atoms. The largest absolute Gasteiger partial charge is 0.322 e. The van der Waals surface area contributed by atoms with Crippen LogP contribution in [0.4, 0.5) is 11.4 Å². The zero-order chi connectivity index (χ0) is 16.7. The van der Waals surface area contributed by atoms with Crippen LogP contribution in [-0.2, 0) is 0 Å². The van der Waals surface area contributed by atoms with E-state index in [1.165, 1.54) is 12.1 Å². The van der Waals surface area contributed by atoms with Crippen LogP contribution in [0.15, 0.2) is 42.5 Å². The fraction of sp³-hybridized carbons (Fsp3) is 0.188. The van der Waals surface area contributed by atoms with E-state index in [2.05, 4.69) is 5.32 Å². The Hall–Kier alpha value is -2.40. The number of benzene rings is 2. The van der Waals surface area contributed by atoms with E-state index in [1.807, 2.05) is 19.9 Å². The normalized spacial score (nSPS) is 9.45. The molecule has 0 aliphatic carbocycles. The van der Waals surface area contributed by atoms with E-state index in [4.69, 9.17) is 11.6 Å². The molecule has 0 aliphatic heterocycles. The number of hydrogen-bond acceptors (Lipinski definition) is 3. The van der Waals surface area contributed by atoms with E-state index in [0.29, 0.717) is 11.3 Å². The average Bonchev–Trinajstić information content (AvgIpc) is 2.50. The summed E-state index contributed by atoms with van der Waals surface area (Å²) in [6, 6.07) is 11.6. The minimum absolute atomic E-state index is 0.115. The fourth-order valence-corrected chi connectivity index (χ4v) is 2.16. The van der Waals surface area contributed by atoms with Gasteiger partial charge in [0.15, 0.2) is 0 Å². The van der Waals surface area contributed by atoms with E-state index >= 15 is 0 Å². The van der Waals surface area contributed by atoms with Crippen molar-refractivity contribution in [2.24, 2.45) is 0 Å². The number of nitro benzene ring substituents is 1. The molecule has 0 radical (unpaired) electrons. The van der Waals surface area contributed by atoms with Gasteiger partial charge in [-0.3, -0.25) is 14.9 Å². The van der Waals surface area contributed by atoms with Crippen molar-refractivity contribution < 1.29 is 9.72 Å². The highest BCUT2D eigenvalue weighted by atomic mass is 35.5. The number of nitro groups is 1. The lowest BCUT2D eigenvalue weighted by molar-refractivity contribution is -0.384. The van der Waals surface area contributed by atoms with Gasteiger partial charge in [0.25, 0.3) is 11.6 Å². The molecule has 1 amide bonds. The van der Waals surface area contributed by atoms with E-state index in [-0.39, 0.29) is 16.3 Å². The molecule has 0 fully saturated rings. The third-order valence-electron chi connectivity index (χ3n) is 2.79. The van der Waals surface area contributed by atoms with Gasteiger partial charge in [-0.1, -0.05) is 49.7 Å². The van der Waals surface area contributed by atoms with Crippen LogP contribution >= 0.6 is 11.6 Å². The molecule has 2 aromatic rings. The summed E-state index contributed by atoms with van der Waals surface area (Å²) in [5.74, 6) is -0.470. The van der Waals surface area contributed by atoms with Crippen LogP contribution in [-0.4, -0.2) is 10.8 Å². The smallest absolute Gasteiger partial charge is 0.288 e. The summed E-state index contributed by atoms with van der Waals surface area (Å²) in [5.41, 5.74) is 1.01. The van der Waals surface area contributed by atoms with Gasteiger partial charge in [-0.05, 0) is 24.6 Å². The van der Waals surface area contributed by atoms with Crippen molar-refractivity contribution >= 4 is 28.9 Å². The second kappa shape index (κ2) is 8.14. The van der Waals surface area contributed by atoms with Crippen molar-refractivity contribution in [3.63, 3.8) is 0 Å². The molecule has 0 aliphatic rings. The van der Waals surface area contributed by atoms with Crippen molar-refractivity contribution in [2.75, 3.05) is 5.32 Å². The summed E-state index contributed by atoms with van der Waals surface area (Å²) in [4.78, 5) is 22.5. The molecule has 2 rings (SSSR count). The second-order valence-corrected chi connectivity index (χ2v) is 4.55. The average molecular weight is 321 g/mol. The minimum Gasteiger partial charge on any atom is -0.322 e. The Labute approximate surface area is 134 Å². The molecule has 0 saturated heterocycles. The first-order chi connectivity index (χ1) is 10.5. The minimum atomic E-state index is -0.610. The molecule has 0 bridgehead atoms. The first-order valence-corrected chi connectivity index (χ1v) is 7.18. The monoisotopic (exact) mass is 320 g/mol. The Morgan fingerprint density at radius 2 is 1.73 bits per heavy atom. The summed E-state index contributed by atoms with van der Waals surface area (Å²) < 4.78 is 0.